The summed E-state index contributed by atoms with van der Waals surface area (Å²) in [5.41, 5.74) is 1.90. The number of halogens is 1. The van der Waals surface area contributed by atoms with E-state index in [0.29, 0.717) is 22.1 Å². The number of nitrogens with one attached hydrogen (secondary N) is 3. The van der Waals surface area contributed by atoms with Crippen molar-refractivity contribution < 1.29 is 14.3 Å². The summed E-state index contributed by atoms with van der Waals surface area (Å²) in [5, 5.41) is 8.83. The van der Waals surface area contributed by atoms with Crippen LogP contribution in [-0.4, -0.2) is 19.0 Å². The van der Waals surface area contributed by atoms with Crippen molar-refractivity contribution in [2.24, 2.45) is 0 Å². The number of benzene rings is 2. The monoisotopic (exact) mass is 361 g/mol. The Morgan fingerprint density at radius 2 is 1.88 bits per heavy atom. The normalized spacial score (nSPS) is 11.4. The fourth-order valence-electron chi connectivity index (χ4n) is 2.30. The average Bonchev–Trinajstić information content (AvgIpc) is 2.54. The summed E-state index contributed by atoms with van der Waals surface area (Å²) in [4.78, 5) is 23.5. The summed E-state index contributed by atoms with van der Waals surface area (Å²) in [6.45, 7) is 3.27. The van der Waals surface area contributed by atoms with Crippen LogP contribution in [0.15, 0.2) is 42.5 Å². The number of rotatable bonds is 5. The zero-order valence-electron chi connectivity index (χ0n) is 14.2. The van der Waals surface area contributed by atoms with E-state index >= 15 is 0 Å². The maximum atomic E-state index is 12.3. The lowest BCUT2D eigenvalue weighted by Gasteiger charge is -2.17. The second-order valence-electron chi connectivity index (χ2n) is 5.47. The van der Waals surface area contributed by atoms with Gasteiger partial charge in [-0.3, -0.25) is 4.79 Å². The standard InChI is InChI=1S/C18H20ClN3O3/c1-11(13-5-4-6-14(19)9-13)20-18(24)22-16-10-15(21-12(2)23)7-8-17(16)25-3/h4-11H,1-3H3,(H,21,23)(H2,20,22,24). The lowest BCUT2D eigenvalue weighted by molar-refractivity contribution is -0.114. The molecule has 132 valence electrons. The maximum Gasteiger partial charge on any atom is 0.319 e. The molecule has 0 aliphatic heterocycles. The minimum absolute atomic E-state index is 0.199. The van der Waals surface area contributed by atoms with Crippen molar-refractivity contribution in [3.8, 4) is 5.75 Å². The van der Waals surface area contributed by atoms with Gasteiger partial charge in [0.2, 0.25) is 5.91 Å². The molecule has 1 atom stereocenters. The molecule has 7 heteroatoms. The predicted octanol–water partition coefficient (Wildman–Crippen LogP) is 4.19. The first-order valence-corrected chi connectivity index (χ1v) is 8.05. The summed E-state index contributed by atoms with van der Waals surface area (Å²) in [5.74, 6) is 0.287. The molecule has 0 aliphatic carbocycles. The van der Waals surface area contributed by atoms with Gasteiger partial charge >= 0.3 is 6.03 Å². The molecule has 0 radical (unpaired) electrons. The molecule has 2 aromatic rings. The van der Waals surface area contributed by atoms with E-state index in [1.165, 1.54) is 14.0 Å². The quantitative estimate of drug-likeness (QED) is 0.747. The van der Waals surface area contributed by atoms with Gasteiger partial charge < -0.3 is 20.7 Å². The SMILES string of the molecule is COc1ccc(NC(C)=O)cc1NC(=O)NC(C)c1cccc(Cl)c1. The minimum Gasteiger partial charge on any atom is -0.495 e. The van der Waals surface area contributed by atoms with Crippen LogP contribution in [0.2, 0.25) is 5.02 Å². The first-order chi connectivity index (χ1) is 11.9. The summed E-state index contributed by atoms with van der Waals surface area (Å²) < 4.78 is 5.24. The number of methoxy groups -OCH3 is 1. The number of carbonyl (C=O) groups is 2. The molecule has 0 aliphatic rings. The molecule has 0 saturated heterocycles. The summed E-state index contributed by atoms with van der Waals surface area (Å²) in [6, 6.07) is 11.6. The van der Waals surface area contributed by atoms with Gasteiger partial charge in [-0.25, -0.2) is 4.79 Å². The van der Waals surface area contributed by atoms with Gasteiger partial charge in [-0.2, -0.15) is 0 Å². The number of amides is 3. The zero-order valence-corrected chi connectivity index (χ0v) is 15.0. The molecule has 2 rings (SSSR count). The molecule has 3 amide bonds. The molecule has 3 N–H and O–H groups in total. The highest BCUT2D eigenvalue weighted by Gasteiger charge is 2.13. The lowest BCUT2D eigenvalue weighted by Crippen LogP contribution is -2.31. The van der Waals surface area contributed by atoms with E-state index in [-0.39, 0.29) is 11.9 Å². The highest BCUT2D eigenvalue weighted by molar-refractivity contribution is 6.30. The van der Waals surface area contributed by atoms with Crippen molar-refractivity contribution in [2.75, 3.05) is 17.7 Å². The van der Waals surface area contributed by atoms with Crippen LogP contribution in [0.5, 0.6) is 5.75 Å². The number of carbonyl (C=O) groups excluding carboxylic acids is 2. The minimum atomic E-state index is -0.397. The molecular formula is C18H20ClN3O3. The second kappa shape index (κ2) is 8.39. The maximum absolute atomic E-state index is 12.3. The molecule has 6 nitrogen and oxygen atoms in total. The van der Waals surface area contributed by atoms with Crippen LogP contribution in [0.25, 0.3) is 0 Å². The van der Waals surface area contributed by atoms with Crippen LogP contribution < -0.4 is 20.7 Å². The topological polar surface area (TPSA) is 79.5 Å². The van der Waals surface area contributed by atoms with Crippen LogP contribution >= 0.6 is 11.6 Å². The van der Waals surface area contributed by atoms with Crippen molar-refractivity contribution >= 4 is 34.9 Å². The van der Waals surface area contributed by atoms with Crippen molar-refractivity contribution in [1.29, 1.82) is 0 Å². The second-order valence-corrected chi connectivity index (χ2v) is 5.91. The van der Waals surface area contributed by atoms with E-state index in [4.69, 9.17) is 16.3 Å². The van der Waals surface area contributed by atoms with E-state index in [1.54, 1.807) is 30.3 Å². The van der Waals surface area contributed by atoms with Gasteiger partial charge in [0.25, 0.3) is 0 Å². The number of urea groups is 1. The molecule has 2 aromatic carbocycles. The molecule has 0 bridgehead atoms. The first kappa shape index (κ1) is 18.6. The van der Waals surface area contributed by atoms with Gasteiger partial charge in [-0.15, -0.1) is 0 Å². The summed E-state index contributed by atoms with van der Waals surface area (Å²) in [6.07, 6.45) is 0. The Hall–Kier alpha value is -2.73. The van der Waals surface area contributed by atoms with Gasteiger partial charge in [0.1, 0.15) is 5.75 Å². The van der Waals surface area contributed by atoms with Gasteiger partial charge in [0.15, 0.2) is 0 Å². The molecule has 1 unspecified atom stereocenters. The van der Waals surface area contributed by atoms with E-state index in [0.717, 1.165) is 5.56 Å². The molecule has 0 saturated carbocycles. The van der Waals surface area contributed by atoms with Gasteiger partial charge in [0, 0.05) is 17.6 Å². The van der Waals surface area contributed by atoms with Gasteiger partial charge in [-0.05, 0) is 42.8 Å². The van der Waals surface area contributed by atoms with Crippen LogP contribution in [0.1, 0.15) is 25.5 Å². The highest BCUT2D eigenvalue weighted by Crippen LogP contribution is 2.28. The van der Waals surface area contributed by atoms with Gasteiger partial charge in [-0.1, -0.05) is 23.7 Å². The average molecular weight is 362 g/mol. The van der Waals surface area contributed by atoms with Crippen molar-refractivity contribution in [3.05, 3.63) is 53.1 Å². The van der Waals surface area contributed by atoms with Gasteiger partial charge in [0.05, 0.1) is 18.8 Å². The fraction of sp³-hybridized carbons (Fsp3) is 0.222. The molecule has 0 aromatic heterocycles. The summed E-state index contributed by atoms with van der Waals surface area (Å²) >= 11 is 5.97. The summed E-state index contributed by atoms with van der Waals surface area (Å²) in [7, 11) is 1.51. The molecule has 0 spiro atoms. The van der Waals surface area contributed by atoms with Crippen LogP contribution in [-0.2, 0) is 4.79 Å². The zero-order chi connectivity index (χ0) is 18.4. The molecule has 0 heterocycles. The smallest absolute Gasteiger partial charge is 0.319 e. The Morgan fingerprint density at radius 1 is 1.12 bits per heavy atom. The van der Waals surface area contributed by atoms with Crippen molar-refractivity contribution in [3.63, 3.8) is 0 Å². The highest BCUT2D eigenvalue weighted by atomic mass is 35.5. The van der Waals surface area contributed by atoms with Crippen molar-refractivity contribution in [2.45, 2.75) is 19.9 Å². The Labute approximate surface area is 151 Å². The largest absolute Gasteiger partial charge is 0.495 e. The number of anilines is 2. The van der Waals surface area contributed by atoms with E-state index in [2.05, 4.69) is 16.0 Å². The number of hydrogen-bond acceptors (Lipinski definition) is 3. The van der Waals surface area contributed by atoms with Crippen LogP contribution in [0.3, 0.4) is 0 Å². The third kappa shape index (κ3) is 5.39. The third-order valence-electron chi connectivity index (χ3n) is 3.46. The third-order valence-corrected chi connectivity index (χ3v) is 3.70. The fourth-order valence-corrected chi connectivity index (χ4v) is 2.50. The molecule has 0 fully saturated rings. The van der Waals surface area contributed by atoms with Crippen LogP contribution in [0, 0.1) is 0 Å². The van der Waals surface area contributed by atoms with E-state index in [1.807, 2.05) is 19.1 Å². The Morgan fingerprint density at radius 3 is 2.52 bits per heavy atom. The Bertz CT molecular complexity index is 780. The van der Waals surface area contributed by atoms with Crippen LogP contribution in [0.4, 0.5) is 16.2 Å². The molecular weight excluding hydrogens is 342 g/mol. The molecule has 25 heavy (non-hydrogen) atoms. The van der Waals surface area contributed by atoms with E-state index < -0.39 is 6.03 Å². The predicted molar refractivity (Wildman–Crippen MR) is 99.3 cm³/mol. The number of ether oxygens (including phenoxy) is 1. The number of hydrogen-bond donors (Lipinski definition) is 3. The Kier molecular flexibility index (Phi) is 6.25. The van der Waals surface area contributed by atoms with E-state index in [9.17, 15) is 9.59 Å². The first-order valence-electron chi connectivity index (χ1n) is 7.67. The Balaban J connectivity index is 2.09. The lowest BCUT2D eigenvalue weighted by atomic mass is 10.1. The van der Waals surface area contributed by atoms with Crippen molar-refractivity contribution in [1.82, 2.24) is 5.32 Å².